The summed E-state index contributed by atoms with van der Waals surface area (Å²) >= 11 is 0. The molecule has 0 bridgehead atoms. The zero-order valence-electron chi connectivity index (χ0n) is 10.7. The number of hydrogen-bond acceptors (Lipinski definition) is 3. The van der Waals surface area contributed by atoms with Crippen LogP contribution in [0.15, 0.2) is 47.5 Å². The van der Waals surface area contributed by atoms with Crippen LogP contribution in [-0.2, 0) is 11.3 Å². The van der Waals surface area contributed by atoms with Crippen molar-refractivity contribution in [1.29, 1.82) is 0 Å². The van der Waals surface area contributed by atoms with Gasteiger partial charge in [0.1, 0.15) is 17.9 Å². The number of benzene rings is 1. The molecule has 0 aliphatic rings. The summed E-state index contributed by atoms with van der Waals surface area (Å²) in [6, 6.07) is 7.38. The first kappa shape index (κ1) is 13.0. The summed E-state index contributed by atoms with van der Waals surface area (Å²) < 4.78 is 15.7. The van der Waals surface area contributed by atoms with Crippen LogP contribution in [0.2, 0.25) is 0 Å². The maximum Gasteiger partial charge on any atom is 0.323 e. The van der Waals surface area contributed by atoms with E-state index >= 15 is 0 Å². The average molecular weight is 287 g/mol. The molecule has 0 spiro atoms. The lowest BCUT2D eigenvalue weighted by Gasteiger charge is -2.01. The Morgan fingerprint density at radius 2 is 2.10 bits per heavy atom. The van der Waals surface area contributed by atoms with Gasteiger partial charge in [0.25, 0.3) is 5.56 Å². The van der Waals surface area contributed by atoms with Crippen molar-refractivity contribution < 1.29 is 14.3 Å². The number of nitrogens with zero attached hydrogens (tertiary/aromatic N) is 3. The van der Waals surface area contributed by atoms with E-state index in [2.05, 4.69) is 5.10 Å². The van der Waals surface area contributed by atoms with Gasteiger partial charge in [0.05, 0.1) is 5.69 Å². The van der Waals surface area contributed by atoms with Crippen molar-refractivity contribution in [2.75, 3.05) is 0 Å². The fourth-order valence-corrected chi connectivity index (χ4v) is 2.09. The summed E-state index contributed by atoms with van der Waals surface area (Å²) in [5, 5.41) is 12.9. The molecular weight excluding hydrogens is 277 g/mol. The molecule has 1 N–H and O–H groups in total. The lowest BCUT2D eigenvalue weighted by Crippen LogP contribution is -2.24. The van der Waals surface area contributed by atoms with Gasteiger partial charge in [-0.25, -0.2) is 8.91 Å². The Morgan fingerprint density at radius 3 is 2.81 bits per heavy atom. The fourth-order valence-electron chi connectivity index (χ4n) is 2.09. The minimum absolute atomic E-state index is 0.234. The molecule has 0 saturated carbocycles. The van der Waals surface area contributed by atoms with Gasteiger partial charge in [-0.1, -0.05) is 12.1 Å². The second-order valence-electron chi connectivity index (χ2n) is 4.49. The van der Waals surface area contributed by atoms with Crippen molar-refractivity contribution in [1.82, 2.24) is 14.2 Å². The molecule has 6 nitrogen and oxygen atoms in total. The normalized spacial score (nSPS) is 10.9. The van der Waals surface area contributed by atoms with E-state index in [-0.39, 0.29) is 5.52 Å². The minimum atomic E-state index is -1.11. The molecule has 3 aromatic rings. The number of carboxylic acids is 1. The molecule has 0 fully saturated rings. The van der Waals surface area contributed by atoms with Crippen LogP contribution in [0.5, 0.6) is 0 Å². The van der Waals surface area contributed by atoms with Crippen LogP contribution in [-0.4, -0.2) is 25.3 Å². The standard InChI is InChI=1S/C14H10FN3O3/c15-10-3-1-2-9(6-10)11-7-12-14(21)17(8-13(19)20)4-5-18(12)16-11/h1-7H,8H2,(H,19,20). The highest BCUT2D eigenvalue weighted by Crippen LogP contribution is 2.19. The molecule has 0 aliphatic heterocycles. The first-order valence-electron chi connectivity index (χ1n) is 6.11. The van der Waals surface area contributed by atoms with E-state index in [1.54, 1.807) is 12.1 Å². The highest BCUT2D eigenvalue weighted by Gasteiger charge is 2.10. The molecular formula is C14H10FN3O3. The third-order valence-corrected chi connectivity index (χ3v) is 3.03. The van der Waals surface area contributed by atoms with E-state index in [1.165, 1.54) is 35.1 Å². The Balaban J connectivity index is 2.14. The van der Waals surface area contributed by atoms with Gasteiger partial charge in [0.15, 0.2) is 0 Å². The van der Waals surface area contributed by atoms with Crippen LogP contribution in [0.4, 0.5) is 4.39 Å². The first-order valence-corrected chi connectivity index (χ1v) is 6.11. The monoisotopic (exact) mass is 287 g/mol. The summed E-state index contributed by atoms with van der Waals surface area (Å²) in [5.41, 5.74) is 0.760. The van der Waals surface area contributed by atoms with Crippen molar-refractivity contribution >= 4 is 11.5 Å². The Labute approximate surface area is 117 Å². The molecule has 1 aromatic carbocycles. The van der Waals surface area contributed by atoms with Crippen molar-refractivity contribution in [2.45, 2.75) is 6.54 Å². The van der Waals surface area contributed by atoms with Crippen LogP contribution in [0.25, 0.3) is 16.8 Å². The molecule has 7 heteroatoms. The number of halogens is 1. The quantitative estimate of drug-likeness (QED) is 0.789. The third kappa shape index (κ3) is 2.40. The van der Waals surface area contributed by atoms with E-state index in [0.29, 0.717) is 11.3 Å². The highest BCUT2D eigenvalue weighted by atomic mass is 19.1. The van der Waals surface area contributed by atoms with Crippen LogP contribution in [0.1, 0.15) is 0 Å². The SMILES string of the molecule is O=C(O)Cn1ccn2nc(-c3cccc(F)c3)cc2c1=O. The Bertz CT molecular complexity index is 898. The average Bonchev–Trinajstić information content (AvgIpc) is 2.86. The van der Waals surface area contributed by atoms with E-state index in [9.17, 15) is 14.0 Å². The second-order valence-corrected chi connectivity index (χ2v) is 4.49. The van der Waals surface area contributed by atoms with Gasteiger partial charge in [0.2, 0.25) is 0 Å². The van der Waals surface area contributed by atoms with Gasteiger partial charge in [-0.2, -0.15) is 5.10 Å². The number of aliphatic carboxylic acids is 1. The van der Waals surface area contributed by atoms with E-state index in [4.69, 9.17) is 5.11 Å². The van der Waals surface area contributed by atoms with E-state index in [1.807, 2.05) is 0 Å². The molecule has 0 unspecified atom stereocenters. The molecule has 21 heavy (non-hydrogen) atoms. The van der Waals surface area contributed by atoms with E-state index < -0.39 is 23.9 Å². The number of aromatic nitrogens is 3. The van der Waals surface area contributed by atoms with Crippen molar-refractivity contribution in [3.8, 4) is 11.3 Å². The first-order chi connectivity index (χ1) is 10.0. The van der Waals surface area contributed by atoms with Crippen LogP contribution < -0.4 is 5.56 Å². The molecule has 0 radical (unpaired) electrons. The number of carboxylic acid groups (broad SMARTS) is 1. The largest absolute Gasteiger partial charge is 0.480 e. The zero-order valence-corrected chi connectivity index (χ0v) is 10.7. The molecule has 0 saturated heterocycles. The van der Waals surface area contributed by atoms with Gasteiger partial charge >= 0.3 is 5.97 Å². The maximum absolute atomic E-state index is 13.2. The van der Waals surface area contributed by atoms with Gasteiger partial charge in [-0.3, -0.25) is 9.59 Å². The summed E-state index contributed by atoms with van der Waals surface area (Å²) in [6.07, 6.45) is 2.84. The number of fused-ring (bicyclic) bond motifs is 1. The minimum Gasteiger partial charge on any atom is -0.480 e. The van der Waals surface area contributed by atoms with Gasteiger partial charge in [-0.05, 0) is 18.2 Å². The number of carbonyl (C=O) groups is 1. The van der Waals surface area contributed by atoms with E-state index in [0.717, 1.165) is 4.57 Å². The molecule has 2 aromatic heterocycles. The highest BCUT2D eigenvalue weighted by molar-refractivity contribution is 5.68. The third-order valence-electron chi connectivity index (χ3n) is 3.03. The fraction of sp³-hybridized carbons (Fsp3) is 0.0714. The van der Waals surface area contributed by atoms with Crippen molar-refractivity contribution in [3.05, 3.63) is 58.9 Å². The van der Waals surface area contributed by atoms with Crippen LogP contribution in [0, 0.1) is 5.82 Å². The summed E-state index contributed by atoms with van der Waals surface area (Å²) in [6.45, 7) is -0.421. The Morgan fingerprint density at radius 1 is 1.29 bits per heavy atom. The second kappa shape index (κ2) is 4.86. The molecule has 2 heterocycles. The molecule has 0 amide bonds. The predicted molar refractivity (Wildman–Crippen MR) is 72.5 cm³/mol. The zero-order chi connectivity index (χ0) is 15.0. The summed E-state index contributed by atoms with van der Waals surface area (Å²) in [7, 11) is 0. The van der Waals surface area contributed by atoms with Crippen molar-refractivity contribution in [3.63, 3.8) is 0 Å². The molecule has 0 aliphatic carbocycles. The lowest BCUT2D eigenvalue weighted by molar-refractivity contribution is -0.137. The van der Waals surface area contributed by atoms with Gasteiger partial charge < -0.3 is 9.67 Å². The Kier molecular flexibility index (Phi) is 3.02. The summed E-state index contributed by atoms with van der Waals surface area (Å²) in [4.78, 5) is 22.8. The maximum atomic E-state index is 13.2. The van der Waals surface area contributed by atoms with Crippen molar-refractivity contribution in [2.24, 2.45) is 0 Å². The molecule has 3 rings (SSSR count). The van der Waals surface area contributed by atoms with Gasteiger partial charge in [0, 0.05) is 18.0 Å². The summed E-state index contributed by atoms with van der Waals surface area (Å²) in [5.74, 6) is -1.50. The number of hydrogen-bond donors (Lipinski definition) is 1. The lowest BCUT2D eigenvalue weighted by atomic mass is 10.1. The smallest absolute Gasteiger partial charge is 0.323 e. The van der Waals surface area contributed by atoms with Crippen LogP contribution in [0.3, 0.4) is 0 Å². The Hall–Kier alpha value is -2.96. The van der Waals surface area contributed by atoms with Crippen LogP contribution >= 0.6 is 0 Å². The molecule has 0 atom stereocenters. The predicted octanol–water partition coefficient (Wildman–Crippen LogP) is 1.39. The molecule has 106 valence electrons. The number of rotatable bonds is 3. The van der Waals surface area contributed by atoms with Gasteiger partial charge in [-0.15, -0.1) is 0 Å². The topological polar surface area (TPSA) is 76.6 Å².